The van der Waals surface area contributed by atoms with Crippen LogP contribution in [0.4, 0.5) is 0 Å². The van der Waals surface area contributed by atoms with E-state index in [0.29, 0.717) is 18.7 Å². The Hall–Kier alpha value is -1.92. The summed E-state index contributed by atoms with van der Waals surface area (Å²) in [6.07, 6.45) is 2.49. The van der Waals surface area contributed by atoms with Gasteiger partial charge in [-0.25, -0.2) is 4.98 Å². The van der Waals surface area contributed by atoms with Crippen LogP contribution < -0.4 is 15.8 Å². The van der Waals surface area contributed by atoms with Gasteiger partial charge >= 0.3 is 0 Å². The van der Waals surface area contributed by atoms with Gasteiger partial charge in [0.2, 0.25) is 0 Å². The molecule has 1 amide bonds. The van der Waals surface area contributed by atoms with Crippen LogP contribution in [0, 0.1) is 0 Å². The van der Waals surface area contributed by atoms with Gasteiger partial charge in [0.15, 0.2) is 0 Å². The molecule has 2 rings (SSSR count). The molecular weight excluding hydrogens is 310 g/mol. The molecule has 0 aliphatic heterocycles. The van der Waals surface area contributed by atoms with Crippen LogP contribution in [0.25, 0.3) is 0 Å². The van der Waals surface area contributed by atoms with E-state index in [1.165, 1.54) is 16.9 Å². The van der Waals surface area contributed by atoms with Crippen LogP contribution >= 0.6 is 11.3 Å². The number of carbonyl (C=O) groups is 1. The fourth-order valence-corrected chi connectivity index (χ4v) is 2.99. The maximum atomic E-state index is 12.2. The normalized spacial score (nSPS) is 12.0. The number of thiazole rings is 1. The molecule has 1 aromatic heterocycles. The number of ether oxygens (including phenoxy) is 1. The van der Waals surface area contributed by atoms with E-state index < -0.39 is 0 Å². The number of aryl methyl sites for hydroxylation is 1. The molecule has 5 nitrogen and oxygen atoms in total. The number of hydrogen-bond acceptors (Lipinski definition) is 5. The molecule has 2 aromatic rings. The maximum absolute atomic E-state index is 12.2. The molecule has 0 fully saturated rings. The zero-order valence-corrected chi connectivity index (χ0v) is 14.4. The third-order valence-corrected chi connectivity index (χ3v) is 4.45. The molecule has 0 aliphatic carbocycles. The van der Waals surface area contributed by atoms with Crippen molar-refractivity contribution in [2.75, 3.05) is 13.7 Å². The molecular formula is C17H23N3O2S. The molecule has 3 N–H and O–H groups in total. The summed E-state index contributed by atoms with van der Waals surface area (Å²) in [6, 6.07) is 8.09. The van der Waals surface area contributed by atoms with Gasteiger partial charge in [-0.2, -0.15) is 0 Å². The van der Waals surface area contributed by atoms with E-state index in [2.05, 4.69) is 10.3 Å². The first-order valence-electron chi connectivity index (χ1n) is 7.70. The molecule has 6 heteroatoms. The van der Waals surface area contributed by atoms with E-state index in [4.69, 9.17) is 10.5 Å². The van der Waals surface area contributed by atoms with Crippen molar-refractivity contribution in [3.8, 4) is 5.75 Å². The molecule has 0 radical (unpaired) electrons. The minimum absolute atomic E-state index is 0.0873. The van der Waals surface area contributed by atoms with Crippen molar-refractivity contribution in [1.29, 1.82) is 0 Å². The van der Waals surface area contributed by atoms with E-state index in [1.54, 1.807) is 12.5 Å². The molecule has 1 aromatic carbocycles. The lowest BCUT2D eigenvalue weighted by atomic mass is 10.1. The molecule has 1 unspecified atom stereocenters. The summed E-state index contributed by atoms with van der Waals surface area (Å²) in [5, 5.41) is 5.69. The largest absolute Gasteiger partial charge is 0.497 e. The third kappa shape index (κ3) is 5.33. The van der Waals surface area contributed by atoms with Gasteiger partial charge in [-0.1, -0.05) is 12.1 Å². The molecule has 1 heterocycles. The van der Waals surface area contributed by atoms with Gasteiger partial charge in [0.1, 0.15) is 11.4 Å². The average Bonchev–Trinajstić information content (AvgIpc) is 3.02. The number of rotatable bonds is 8. The minimum atomic E-state index is -0.119. The summed E-state index contributed by atoms with van der Waals surface area (Å²) in [4.78, 5) is 16.5. The van der Waals surface area contributed by atoms with Gasteiger partial charge in [-0.3, -0.25) is 4.79 Å². The van der Waals surface area contributed by atoms with E-state index in [9.17, 15) is 4.79 Å². The van der Waals surface area contributed by atoms with Crippen molar-refractivity contribution in [3.63, 3.8) is 0 Å². The minimum Gasteiger partial charge on any atom is -0.497 e. The Balaban J connectivity index is 1.80. The number of benzene rings is 1. The van der Waals surface area contributed by atoms with E-state index >= 15 is 0 Å². The second kappa shape index (κ2) is 8.64. The van der Waals surface area contributed by atoms with Crippen molar-refractivity contribution in [2.24, 2.45) is 5.73 Å². The van der Waals surface area contributed by atoms with Crippen LogP contribution in [0.5, 0.6) is 5.75 Å². The van der Waals surface area contributed by atoms with Crippen molar-refractivity contribution in [3.05, 3.63) is 45.9 Å². The Labute approximate surface area is 140 Å². The van der Waals surface area contributed by atoms with Gasteiger partial charge < -0.3 is 15.8 Å². The topological polar surface area (TPSA) is 77.2 Å². The van der Waals surface area contributed by atoms with E-state index in [0.717, 1.165) is 23.6 Å². The van der Waals surface area contributed by atoms with Crippen molar-refractivity contribution in [1.82, 2.24) is 10.3 Å². The van der Waals surface area contributed by atoms with Gasteiger partial charge in [0.25, 0.3) is 5.91 Å². The Morgan fingerprint density at radius 3 is 2.74 bits per heavy atom. The van der Waals surface area contributed by atoms with Crippen LogP contribution in [-0.4, -0.2) is 30.6 Å². The molecule has 0 aliphatic rings. The molecule has 124 valence electrons. The number of methoxy groups -OCH3 is 1. The highest BCUT2D eigenvalue weighted by Crippen LogP contribution is 2.14. The Bertz CT molecular complexity index is 625. The monoisotopic (exact) mass is 333 g/mol. The molecule has 23 heavy (non-hydrogen) atoms. The zero-order valence-electron chi connectivity index (χ0n) is 13.5. The van der Waals surface area contributed by atoms with Crippen molar-refractivity contribution >= 4 is 17.2 Å². The Kier molecular flexibility index (Phi) is 6.55. The van der Waals surface area contributed by atoms with Crippen LogP contribution in [-0.2, 0) is 12.8 Å². The average molecular weight is 333 g/mol. The lowest BCUT2D eigenvalue weighted by Crippen LogP contribution is -2.33. The third-order valence-electron chi connectivity index (χ3n) is 3.55. The zero-order chi connectivity index (χ0) is 16.7. The molecule has 1 atom stereocenters. The highest BCUT2D eigenvalue weighted by Gasteiger charge is 2.13. The SMILES string of the molecule is COc1ccc(CCC(C)NC(=O)c2csc(CCN)n2)cc1. The fourth-order valence-electron chi connectivity index (χ4n) is 2.20. The molecule has 0 saturated heterocycles. The van der Waals surface area contributed by atoms with Crippen molar-refractivity contribution < 1.29 is 9.53 Å². The summed E-state index contributed by atoms with van der Waals surface area (Å²) in [6.45, 7) is 2.56. The fraction of sp³-hybridized carbons (Fsp3) is 0.412. The summed E-state index contributed by atoms with van der Waals surface area (Å²) in [5.41, 5.74) is 7.21. The lowest BCUT2D eigenvalue weighted by molar-refractivity contribution is 0.0934. The molecule has 0 spiro atoms. The van der Waals surface area contributed by atoms with E-state index in [1.807, 2.05) is 31.2 Å². The van der Waals surface area contributed by atoms with Gasteiger partial charge in [-0.15, -0.1) is 11.3 Å². The first-order chi connectivity index (χ1) is 11.1. The first kappa shape index (κ1) is 17.4. The van der Waals surface area contributed by atoms with Gasteiger partial charge in [-0.05, 0) is 44.0 Å². The second-order valence-electron chi connectivity index (χ2n) is 5.43. The Morgan fingerprint density at radius 2 is 2.09 bits per heavy atom. The standard InChI is InChI=1S/C17H23N3O2S/c1-12(3-4-13-5-7-14(22-2)8-6-13)19-17(21)15-11-23-16(20-15)9-10-18/h5-8,11-12H,3-4,9-10,18H2,1-2H3,(H,19,21). The number of hydrogen-bond donors (Lipinski definition) is 2. The van der Waals surface area contributed by atoms with Gasteiger partial charge in [0, 0.05) is 17.8 Å². The number of nitrogens with two attached hydrogens (primary N) is 1. The number of amides is 1. The highest BCUT2D eigenvalue weighted by molar-refractivity contribution is 7.09. The van der Waals surface area contributed by atoms with Crippen LogP contribution in [0.1, 0.15) is 34.4 Å². The number of nitrogens with one attached hydrogen (secondary N) is 1. The predicted octanol–water partition coefficient (Wildman–Crippen LogP) is 2.40. The number of carbonyl (C=O) groups excluding carboxylic acids is 1. The highest BCUT2D eigenvalue weighted by atomic mass is 32.1. The summed E-state index contributed by atoms with van der Waals surface area (Å²) >= 11 is 1.48. The number of aromatic nitrogens is 1. The van der Waals surface area contributed by atoms with Gasteiger partial charge in [0.05, 0.1) is 12.1 Å². The lowest BCUT2D eigenvalue weighted by Gasteiger charge is -2.13. The van der Waals surface area contributed by atoms with Crippen LogP contribution in [0.2, 0.25) is 0 Å². The second-order valence-corrected chi connectivity index (χ2v) is 6.37. The first-order valence-corrected chi connectivity index (χ1v) is 8.58. The smallest absolute Gasteiger partial charge is 0.270 e. The summed E-state index contributed by atoms with van der Waals surface area (Å²) in [5.74, 6) is 0.735. The summed E-state index contributed by atoms with van der Waals surface area (Å²) < 4.78 is 5.14. The van der Waals surface area contributed by atoms with Crippen molar-refractivity contribution in [2.45, 2.75) is 32.2 Å². The maximum Gasteiger partial charge on any atom is 0.270 e. The van der Waals surface area contributed by atoms with E-state index in [-0.39, 0.29) is 11.9 Å². The number of nitrogens with zero attached hydrogens (tertiary/aromatic N) is 1. The van der Waals surface area contributed by atoms with Crippen LogP contribution in [0.15, 0.2) is 29.6 Å². The quantitative estimate of drug-likeness (QED) is 0.778. The van der Waals surface area contributed by atoms with Crippen LogP contribution in [0.3, 0.4) is 0 Å². The predicted molar refractivity (Wildman–Crippen MR) is 93.1 cm³/mol. The molecule has 0 bridgehead atoms. The summed E-state index contributed by atoms with van der Waals surface area (Å²) in [7, 11) is 1.66. The molecule has 0 saturated carbocycles. The Morgan fingerprint density at radius 1 is 1.35 bits per heavy atom.